The maximum atomic E-state index is 12.9. The maximum Gasteiger partial charge on any atom is 0.326 e. The van der Waals surface area contributed by atoms with E-state index in [1.165, 1.54) is 11.2 Å². The predicted molar refractivity (Wildman–Crippen MR) is 93.4 cm³/mol. The average molecular weight is 348 g/mol. The Kier molecular flexibility index (Phi) is 4.01. The molecule has 6 nitrogen and oxygen atoms in total. The first kappa shape index (κ1) is 16.1. The zero-order valence-electron chi connectivity index (χ0n) is 13.8. The van der Waals surface area contributed by atoms with Crippen molar-refractivity contribution in [1.82, 2.24) is 9.88 Å². The topological polar surface area (TPSA) is 83.6 Å². The fraction of sp³-hybridized carbons (Fsp3) is 0.150. The Morgan fingerprint density at radius 2 is 1.73 bits per heavy atom. The van der Waals surface area contributed by atoms with Gasteiger partial charge in [0.05, 0.1) is 0 Å². The predicted octanol–water partition coefficient (Wildman–Crippen LogP) is 2.99. The van der Waals surface area contributed by atoms with Crippen LogP contribution in [-0.2, 0) is 17.8 Å². The van der Waals surface area contributed by atoms with E-state index in [1.807, 2.05) is 54.6 Å². The molecule has 0 fully saturated rings. The van der Waals surface area contributed by atoms with Gasteiger partial charge in [-0.3, -0.25) is 4.79 Å². The van der Waals surface area contributed by atoms with Crippen molar-refractivity contribution in [2.75, 3.05) is 0 Å². The fourth-order valence-electron chi connectivity index (χ4n) is 3.19. The third-order valence-electron chi connectivity index (χ3n) is 4.54. The first-order chi connectivity index (χ1) is 12.6. The Morgan fingerprint density at radius 3 is 2.46 bits per heavy atom. The number of amides is 1. The summed E-state index contributed by atoms with van der Waals surface area (Å²) in [5, 5.41) is 9.58. The summed E-state index contributed by atoms with van der Waals surface area (Å²) in [6.45, 7) is 0.236. The normalized spacial score (nSPS) is 16.2. The van der Waals surface area contributed by atoms with Crippen LogP contribution in [0.1, 0.15) is 21.6 Å². The Labute approximate surface area is 149 Å². The van der Waals surface area contributed by atoms with E-state index in [9.17, 15) is 14.7 Å². The number of oxazole rings is 1. The van der Waals surface area contributed by atoms with Crippen molar-refractivity contribution in [3.63, 3.8) is 0 Å². The van der Waals surface area contributed by atoms with Crippen LogP contribution in [0.3, 0.4) is 0 Å². The van der Waals surface area contributed by atoms with E-state index in [0.29, 0.717) is 5.89 Å². The molecule has 2 heterocycles. The fourth-order valence-corrected chi connectivity index (χ4v) is 3.19. The van der Waals surface area contributed by atoms with Crippen molar-refractivity contribution >= 4 is 11.9 Å². The van der Waals surface area contributed by atoms with Crippen molar-refractivity contribution in [3.05, 3.63) is 77.7 Å². The van der Waals surface area contributed by atoms with Crippen LogP contribution in [0.5, 0.6) is 0 Å². The van der Waals surface area contributed by atoms with E-state index in [1.54, 1.807) is 0 Å². The number of hydrogen-bond donors (Lipinski definition) is 1. The average Bonchev–Trinajstić information content (AvgIpc) is 3.17. The highest BCUT2D eigenvalue weighted by molar-refractivity contribution is 5.95. The minimum atomic E-state index is -1.03. The summed E-state index contributed by atoms with van der Waals surface area (Å²) in [7, 11) is 0. The van der Waals surface area contributed by atoms with Gasteiger partial charge in [0.15, 0.2) is 5.69 Å². The van der Waals surface area contributed by atoms with Crippen LogP contribution in [0.2, 0.25) is 0 Å². The van der Waals surface area contributed by atoms with Crippen LogP contribution in [0, 0.1) is 0 Å². The van der Waals surface area contributed by atoms with Gasteiger partial charge in [-0.25, -0.2) is 9.78 Å². The Morgan fingerprint density at radius 1 is 1.04 bits per heavy atom. The first-order valence-electron chi connectivity index (χ1n) is 8.25. The Bertz CT molecular complexity index is 965. The molecule has 0 unspecified atom stereocenters. The highest BCUT2D eigenvalue weighted by Crippen LogP contribution is 2.26. The van der Waals surface area contributed by atoms with Gasteiger partial charge in [-0.15, -0.1) is 0 Å². The van der Waals surface area contributed by atoms with Crippen LogP contribution in [-0.4, -0.2) is 32.9 Å². The molecule has 26 heavy (non-hydrogen) atoms. The minimum absolute atomic E-state index is 0.106. The molecule has 1 amide bonds. The highest BCUT2D eigenvalue weighted by Gasteiger charge is 2.36. The molecule has 1 aromatic heterocycles. The second-order valence-electron chi connectivity index (χ2n) is 6.16. The molecule has 1 atom stereocenters. The van der Waals surface area contributed by atoms with Gasteiger partial charge in [0.1, 0.15) is 12.3 Å². The quantitative estimate of drug-likeness (QED) is 0.787. The number of fused-ring (bicyclic) bond motifs is 1. The number of nitrogens with zero attached hydrogens (tertiary/aromatic N) is 2. The van der Waals surface area contributed by atoms with E-state index in [-0.39, 0.29) is 18.7 Å². The molecule has 0 aliphatic carbocycles. The number of carbonyl (C=O) groups is 2. The van der Waals surface area contributed by atoms with Crippen molar-refractivity contribution in [2.45, 2.75) is 19.0 Å². The van der Waals surface area contributed by atoms with Gasteiger partial charge in [0.25, 0.3) is 5.91 Å². The molecule has 1 aliphatic rings. The first-order valence-corrected chi connectivity index (χ1v) is 8.25. The van der Waals surface area contributed by atoms with Crippen LogP contribution in [0.4, 0.5) is 0 Å². The summed E-state index contributed by atoms with van der Waals surface area (Å²) in [6.07, 6.45) is 1.56. The van der Waals surface area contributed by atoms with E-state index in [0.717, 1.165) is 16.7 Å². The van der Waals surface area contributed by atoms with Gasteiger partial charge < -0.3 is 14.4 Å². The lowest BCUT2D eigenvalue weighted by Gasteiger charge is -2.33. The van der Waals surface area contributed by atoms with E-state index < -0.39 is 17.9 Å². The molecule has 0 saturated heterocycles. The number of carbonyl (C=O) groups excluding carboxylic acids is 1. The van der Waals surface area contributed by atoms with Crippen LogP contribution in [0.25, 0.3) is 11.5 Å². The van der Waals surface area contributed by atoms with Gasteiger partial charge in [0, 0.05) is 18.5 Å². The number of aromatic nitrogens is 1. The molecule has 130 valence electrons. The van der Waals surface area contributed by atoms with Gasteiger partial charge >= 0.3 is 5.97 Å². The van der Waals surface area contributed by atoms with Crippen LogP contribution >= 0.6 is 0 Å². The molecule has 4 rings (SSSR count). The number of aliphatic carboxylic acids is 1. The second kappa shape index (κ2) is 6.48. The molecule has 0 radical (unpaired) electrons. The Balaban J connectivity index is 1.65. The van der Waals surface area contributed by atoms with Crippen molar-refractivity contribution in [3.8, 4) is 11.5 Å². The van der Waals surface area contributed by atoms with Crippen molar-refractivity contribution < 1.29 is 19.1 Å². The van der Waals surface area contributed by atoms with Gasteiger partial charge in [0.2, 0.25) is 5.89 Å². The highest BCUT2D eigenvalue weighted by atomic mass is 16.4. The molecule has 2 aromatic carbocycles. The van der Waals surface area contributed by atoms with Crippen LogP contribution in [0.15, 0.2) is 65.3 Å². The molecule has 0 spiro atoms. The summed E-state index contributed by atoms with van der Waals surface area (Å²) in [5.74, 6) is -1.14. The molecular formula is C20H16N2O4. The lowest BCUT2D eigenvalue weighted by atomic mass is 9.94. The number of carboxylic acid groups (broad SMARTS) is 1. The monoisotopic (exact) mass is 348 g/mol. The molecule has 0 bridgehead atoms. The number of rotatable bonds is 3. The van der Waals surface area contributed by atoms with Crippen molar-refractivity contribution in [1.29, 1.82) is 0 Å². The van der Waals surface area contributed by atoms with Gasteiger partial charge in [-0.1, -0.05) is 42.5 Å². The summed E-state index contributed by atoms with van der Waals surface area (Å²) in [6, 6.07) is 15.9. The second-order valence-corrected chi connectivity index (χ2v) is 6.16. The third kappa shape index (κ3) is 2.86. The van der Waals surface area contributed by atoms with Gasteiger partial charge in [-0.05, 0) is 23.3 Å². The molecule has 1 N–H and O–H groups in total. The van der Waals surface area contributed by atoms with E-state index in [2.05, 4.69) is 4.98 Å². The summed E-state index contributed by atoms with van der Waals surface area (Å²) >= 11 is 0. The molecule has 3 aromatic rings. The lowest BCUT2D eigenvalue weighted by molar-refractivity contribution is -0.142. The Hall–Kier alpha value is -3.41. The zero-order chi connectivity index (χ0) is 18.1. The zero-order valence-corrected chi connectivity index (χ0v) is 13.8. The number of hydrogen-bond acceptors (Lipinski definition) is 4. The maximum absolute atomic E-state index is 12.9. The molecule has 0 saturated carbocycles. The van der Waals surface area contributed by atoms with Gasteiger partial charge in [-0.2, -0.15) is 0 Å². The van der Waals surface area contributed by atoms with E-state index in [4.69, 9.17) is 4.42 Å². The number of benzene rings is 2. The standard InChI is InChI=1S/C20H16N2O4/c23-19(16-12-26-18(21-16)13-6-2-1-3-7-13)22-11-15-9-5-4-8-14(15)10-17(22)20(24)25/h1-9,12,17H,10-11H2,(H,24,25)/t17-/m1/s1. The molecular weight excluding hydrogens is 332 g/mol. The van der Waals surface area contributed by atoms with Crippen molar-refractivity contribution in [2.24, 2.45) is 0 Å². The van der Waals surface area contributed by atoms with Crippen LogP contribution < -0.4 is 0 Å². The molecule has 1 aliphatic heterocycles. The third-order valence-corrected chi connectivity index (χ3v) is 4.54. The summed E-state index contributed by atoms with van der Waals surface area (Å²) < 4.78 is 5.42. The lowest BCUT2D eigenvalue weighted by Crippen LogP contribution is -2.48. The molecule has 6 heteroatoms. The summed E-state index contributed by atoms with van der Waals surface area (Å²) in [4.78, 5) is 30.2. The largest absolute Gasteiger partial charge is 0.480 e. The number of carboxylic acids is 1. The SMILES string of the molecule is O=C(O)[C@H]1Cc2ccccc2CN1C(=O)c1coc(-c2ccccc2)n1. The van der Waals surface area contributed by atoms with E-state index >= 15 is 0 Å². The summed E-state index contributed by atoms with van der Waals surface area (Å²) in [5.41, 5.74) is 2.76. The smallest absolute Gasteiger partial charge is 0.326 e. The minimum Gasteiger partial charge on any atom is -0.480 e.